The Morgan fingerprint density at radius 3 is 0.842 bits per heavy atom. The zero-order valence-corrected chi connectivity index (χ0v) is 13.4. The fraction of sp³-hybridized carbons (Fsp3) is 1.00. The van der Waals surface area contributed by atoms with Gasteiger partial charge in [0.2, 0.25) is 0 Å². The Hall–Kier alpha value is 1.62. The first kappa shape index (κ1) is 37.1. The van der Waals surface area contributed by atoms with Gasteiger partial charge < -0.3 is 53.8 Å². The second-order valence-corrected chi connectivity index (χ2v) is 3.70. The molecule has 3 N–H and O–H groups in total. The molecule has 0 atom stereocenters. The van der Waals surface area contributed by atoms with Crippen molar-refractivity contribution in [3.05, 3.63) is 0 Å². The molecule has 0 saturated heterocycles. The second kappa shape index (κ2) is 19.6. The molecule has 11 nitrogen and oxygen atoms in total. The van der Waals surface area contributed by atoms with Crippen molar-refractivity contribution in [2.24, 2.45) is 0 Å². The number of aliphatic hydroxyl groups is 3. The van der Waals surface area contributed by atoms with Gasteiger partial charge in [0.15, 0.2) is 0 Å². The summed E-state index contributed by atoms with van der Waals surface area (Å²) in [5.74, 6) is 0. The third-order valence-corrected chi connectivity index (χ3v) is 0.421. The molecular weight excluding hydrogens is 451 g/mol. The molecule has 0 aromatic heterocycles. The van der Waals surface area contributed by atoms with E-state index < -0.39 is 21.7 Å². The average molecular weight is 459 g/mol. The Kier molecular flexibility index (Phi) is 38.3. The molecule has 0 fully saturated rings. The van der Waals surface area contributed by atoms with Crippen molar-refractivity contribution in [1.82, 2.24) is 0 Å². The van der Waals surface area contributed by atoms with E-state index in [4.69, 9.17) is 53.8 Å². The second-order valence-electron chi connectivity index (χ2n) is 1.91. The predicted octanol–water partition coefficient (Wildman–Crippen LogP) is -7.32. The van der Waals surface area contributed by atoms with Crippen molar-refractivity contribution in [1.29, 1.82) is 0 Å². The van der Waals surface area contributed by atoms with E-state index in [0.29, 0.717) is 0 Å². The molecule has 0 aliphatic rings. The Labute approximate surface area is 139 Å². The van der Waals surface area contributed by atoms with Gasteiger partial charge in [-0.2, -0.15) is 15.6 Å². The molecule has 0 unspecified atom stereocenters. The minimum Gasteiger partial charge on any atom is -0.822 e. The van der Waals surface area contributed by atoms with Crippen molar-refractivity contribution in [3.63, 3.8) is 0 Å². The van der Waals surface area contributed by atoms with Crippen molar-refractivity contribution in [2.45, 2.75) is 6.10 Å². The Morgan fingerprint density at radius 1 is 0.737 bits per heavy atom. The maximum Gasteiger partial charge on any atom is 2.00 e. The van der Waals surface area contributed by atoms with E-state index in [1.807, 2.05) is 0 Å². The van der Waals surface area contributed by atoms with Crippen LogP contribution in [-0.2, 0) is 59.5 Å². The van der Waals surface area contributed by atoms with Gasteiger partial charge in [0, 0.05) is 0 Å². The number of aliphatic hydroxyl groups excluding tert-OH is 3. The molecule has 0 heterocycles. The summed E-state index contributed by atoms with van der Waals surface area (Å²) >= 11 is 0. The maximum absolute atomic E-state index is 8.55. The van der Waals surface area contributed by atoms with E-state index in [-0.39, 0.29) is 63.6 Å². The van der Waals surface area contributed by atoms with E-state index in [1.165, 1.54) is 0 Å². The first-order valence-electron chi connectivity index (χ1n) is 3.17. The minimum absolute atomic E-state index is 0. The SMILES string of the molecule is O=P([O-])([O-])[O-].O=P([O-])([O-])[O-].OCC(O)CO.[Co+2].[Co+2].[Co+2]. The van der Waals surface area contributed by atoms with Crippen LogP contribution in [0.3, 0.4) is 0 Å². The molecule has 19 heavy (non-hydrogen) atoms. The van der Waals surface area contributed by atoms with E-state index in [2.05, 4.69) is 0 Å². The smallest absolute Gasteiger partial charge is 0.822 e. The normalized spacial score (nSPS) is 9.37. The summed E-state index contributed by atoms with van der Waals surface area (Å²) in [4.78, 5) is 51.3. The van der Waals surface area contributed by atoms with Gasteiger partial charge in [-0.25, -0.2) is 0 Å². The molecule has 123 valence electrons. The maximum atomic E-state index is 8.55. The minimum atomic E-state index is -5.39. The van der Waals surface area contributed by atoms with Gasteiger partial charge in [-0.15, -0.1) is 0 Å². The topological polar surface area (TPSA) is 233 Å². The quantitative estimate of drug-likeness (QED) is 0.328. The molecule has 0 aromatic carbocycles. The molecule has 0 aliphatic heterocycles. The molecule has 16 heteroatoms. The summed E-state index contributed by atoms with van der Waals surface area (Å²) in [5, 5.41) is 24.0. The molecule has 0 rings (SSSR count). The molecule has 0 saturated carbocycles. The molecule has 0 spiro atoms. The van der Waals surface area contributed by atoms with Crippen molar-refractivity contribution >= 4 is 15.6 Å². The van der Waals surface area contributed by atoms with Crippen LogP contribution in [0.5, 0.6) is 0 Å². The van der Waals surface area contributed by atoms with Crippen LogP contribution in [-0.4, -0.2) is 34.6 Å². The van der Waals surface area contributed by atoms with Crippen LogP contribution in [0.2, 0.25) is 0 Å². The first-order chi connectivity index (χ1) is 6.81. The predicted molar refractivity (Wildman–Crippen MR) is 35.4 cm³/mol. The standard InChI is InChI=1S/C3H8O3.3Co.2H3O4P/c4-1-3(6)2-5;;;;2*1-5(2,3)4/h3-6H,1-2H2;;;;2*(H3,1,2,3,4)/q;3*+2;;/p-6. The number of hydrogen-bond donors (Lipinski definition) is 3. The summed E-state index contributed by atoms with van der Waals surface area (Å²) in [5.41, 5.74) is 0. The largest absolute Gasteiger partial charge is 2.00 e. The zero-order chi connectivity index (χ0) is 14.0. The zero-order valence-electron chi connectivity index (χ0n) is 8.49. The van der Waals surface area contributed by atoms with Gasteiger partial charge in [0.25, 0.3) is 0 Å². The Balaban J connectivity index is -0.0000000311. The number of phosphoric acid groups is 2. The molecule has 3 radical (unpaired) electrons. The van der Waals surface area contributed by atoms with Crippen LogP contribution in [0.4, 0.5) is 0 Å². The third kappa shape index (κ3) is 193. The number of rotatable bonds is 2. The van der Waals surface area contributed by atoms with Crippen LogP contribution < -0.4 is 29.4 Å². The van der Waals surface area contributed by atoms with Gasteiger partial charge in [-0.1, -0.05) is 0 Å². The summed E-state index contributed by atoms with van der Waals surface area (Å²) in [6, 6.07) is 0. The molecule has 0 aromatic rings. The molecule has 0 amide bonds. The van der Waals surface area contributed by atoms with Crippen LogP contribution in [0.15, 0.2) is 0 Å². The van der Waals surface area contributed by atoms with Gasteiger partial charge in [-0.3, -0.25) is 0 Å². The van der Waals surface area contributed by atoms with E-state index in [0.717, 1.165) is 0 Å². The molecule has 0 aliphatic carbocycles. The Morgan fingerprint density at radius 2 is 0.842 bits per heavy atom. The monoisotopic (exact) mass is 459 g/mol. The van der Waals surface area contributed by atoms with Crippen molar-refractivity contribution in [3.8, 4) is 0 Å². The fourth-order valence-electron chi connectivity index (χ4n) is 0.0577. The van der Waals surface area contributed by atoms with Crippen LogP contribution in [0, 0.1) is 0 Å². The Bertz CT molecular complexity index is 199. The van der Waals surface area contributed by atoms with E-state index >= 15 is 0 Å². The fourth-order valence-corrected chi connectivity index (χ4v) is 0.0577. The average Bonchev–Trinajstić information content (AvgIpc) is 1.96. The van der Waals surface area contributed by atoms with Crippen LogP contribution in [0.25, 0.3) is 0 Å². The first-order valence-corrected chi connectivity index (χ1v) is 6.09. The summed E-state index contributed by atoms with van der Waals surface area (Å²) < 4.78 is 17.1. The van der Waals surface area contributed by atoms with E-state index in [1.54, 1.807) is 0 Å². The summed E-state index contributed by atoms with van der Waals surface area (Å²) in [6.07, 6.45) is -0.954. The van der Waals surface area contributed by atoms with Gasteiger partial charge in [0.1, 0.15) is 6.10 Å². The molecule has 0 bridgehead atoms. The van der Waals surface area contributed by atoms with Gasteiger partial charge in [0.05, 0.1) is 13.2 Å². The van der Waals surface area contributed by atoms with Gasteiger partial charge >= 0.3 is 50.3 Å². The van der Waals surface area contributed by atoms with Crippen LogP contribution in [0.1, 0.15) is 0 Å². The third-order valence-electron chi connectivity index (χ3n) is 0.421. The van der Waals surface area contributed by atoms with Crippen molar-refractivity contribution < 1.29 is 104 Å². The van der Waals surface area contributed by atoms with E-state index in [9.17, 15) is 0 Å². The number of hydrogen-bond acceptors (Lipinski definition) is 11. The van der Waals surface area contributed by atoms with Crippen molar-refractivity contribution in [2.75, 3.05) is 13.2 Å². The van der Waals surface area contributed by atoms with Gasteiger partial charge in [-0.05, 0) is 0 Å². The molecular formula is C3H8Co3O11P2. The van der Waals surface area contributed by atoms with Crippen LogP contribution >= 0.6 is 15.6 Å². The summed E-state index contributed by atoms with van der Waals surface area (Å²) in [7, 11) is -10.8. The summed E-state index contributed by atoms with van der Waals surface area (Å²) in [6.45, 7) is -0.729.